The van der Waals surface area contributed by atoms with E-state index in [9.17, 15) is 19.2 Å². The maximum absolute atomic E-state index is 14.2. The molecule has 3 rings (SSSR count). The molecule has 7 N–H and O–H groups in total. The first-order chi connectivity index (χ1) is 23.6. The molecule has 1 aliphatic rings. The van der Waals surface area contributed by atoms with E-state index < -0.39 is 29.9 Å². The highest BCUT2D eigenvalue weighted by Gasteiger charge is 2.45. The first-order valence-corrected chi connectivity index (χ1v) is 17.5. The van der Waals surface area contributed by atoms with Crippen LogP contribution < -0.4 is 26.8 Å². The fourth-order valence-electron chi connectivity index (χ4n) is 6.13. The Morgan fingerprint density at radius 3 is 2.20 bits per heavy atom. The van der Waals surface area contributed by atoms with Gasteiger partial charge in [-0.3, -0.25) is 24.2 Å². The molecule has 1 saturated heterocycles. The van der Waals surface area contributed by atoms with Gasteiger partial charge in [0.1, 0.15) is 18.3 Å². The summed E-state index contributed by atoms with van der Waals surface area (Å²) < 4.78 is 6.22. The van der Waals surface area contributed by atoms with E-state index in [4.69, 9.17) is 21.3 Å². The van der Waals surface area contributed by atoms with Crippen molar-refractivity contribution in [3.63, 3.8) is 0 Å². The molecular formula is C38H56N6O6. The van der Waals surface area contributed by atoms with Crippen LogP contribution in [0.3, 0.4) is 0 Å². The number of hydrogen-bond donors (Lipinski definition) is 5. The maximum atomic E-state index is 14.2. The molecule has 1 aliphatic heterocycles. The molecule has 0 spiro atoms. The predicted molar refractivity (Wildman–Crippen MR) is 195 cm³/mol. The Labute approximate surface area is 296 Å². The molecule has 0 aromatic heterocycles. The first-order valence-electron chi connectivity index (χ1n) is 17.5. The number of amides is 3. The lowest BCUT2D eigenvalue weighted by Crippen LogP contribution is -2.57. The van der Waals surface area contributed by atoms with Gasteiger partial charge in [0, 0.05) is 25.2 Å². The zero-order valence-corrected chi connectivity index (χ0v) is 30.5. The third kappa shape index (κ3) is 10.2. The minimum absolute atomic E-state index is 0.00808. The van der Waals surface area contributed by atoms with E-state index in [1.54, 1.807) is 4.90 Å². The van der Waals surface area contributed by atoms with Crippen LogP contribution in [0.4, 0.5) is 0 Å². The zero-order chi connectivity index (χ0) is 37.1. The molecule has 12 nitrogen and oxygen atoms in total. The van der Waals surface area contributed by atoms with Crippen molar-refractivity contribution >= 4 is 29.7 Å². The number of carboxylic acids is 1. The van der Waals surface area contributed by atoms with E-state index in [0.29, 0.717) is 38.1 Å². The number of hydrogen-bond acceptors (Lipinski definition) is 6. The second-order valence-electron chi connectivity index (χ2n) is 14.4. The molecule has 274 valence electrons. The van der Waals surface area contributed by atoms with E-state index >= 15 is 0 Å². The Morgan fingerprint density at radius 1 is 0.980 bits per heavy atom. The number of carbonyl (C=O) groups excluding carboxylic acids is 3. The second kappa shape index (κ2) is 17.4. The van der Waals surface area contributed by atoms with Crippen LogP contribution >= 0.6 is 0 Å². The number of nitrogens with two attached hydrogens (primary N) is 2. The van der Waals surface area contributed by atoms with Crippen molar-refractivity contribution in [2.45, 2.75) is 102 Å². The van der Waals surface area contributed by atoms with Crippen molar-refractivity contribution in [1.29, 1.82) is 0 Å². The number of guanidine groups is 1. The van der Waals surface area contributed by atoms with Crippen molar-refractivity contribution in [2.24, 2.45) is 16.5 Å². The van der Waals surface area contributed by atoms with Gasteiger partial charge in [-0.25, -0.2) is 0 Å². The van der Waals surface area contributed by atoms with Crippen molar-refractivity contribution in [1.82, 2.24) is 15.5 Å². The van der Waals surface area contributed by atoms with Gasteiger partial charge in [-0.15, -0.1) is 0 Å². The number of nitrogens with one attached hydrogen (secondary N) is 2. The molecule has 0 bridgehead atoms. The highest BCUT2D eigenvalue weighted by molar-refractivity contribution is 5.94. The number of aliphatic carboxylic acids is 1. The predicted octanol–water partition coefficient (Wildman–Crippen LogP) is 3.74. The number of benzene rings is 2. The van der Waals surface area contributed by atoms with Crippen LogP contribution in [0.25, 0.3) is 0 Å². The number of ether oxygens (including phenoxy) is 1. The van der Waals surface area contributed by atoms with Gasteiger partial charge < -0.3 is 36.8 Å². The molecule has 1 heterocycles. The van der Waals surface area contributed by atoms with Gasteiger partial charge in [0.05, 0.1) is 5.41 Å². The van der Waals surface area contributed by atoms with Gasteiger partial charge in [0.2, 0.25) is 11.8 Å². The molecule has 1 fully saturated rings. The van der Waals surface area contributed by atoms with Crippen LogP contribution in [-0.2, 0) is 35.4 Å². The molecule has 50 heavy (non-hydrogen) atoms. The smallest absolute Gasteiger partial charge is 0.322 e. The topological polar surface area (TPSA) is 189 Å². The van der Waals surface area contributed by atoms with Crippen molar-refractivity contribution < 1.29 is 29.0 Å². The van der Waals surface area contributed by atoms with Crippen LogP contribution in [0.5, 0.6) is 5.75 Å². The lowest BCUT2D eigenvalue weighted by atomic mass is 9.71. The van der Waals surface area contributed by atoms with Gasteiger partial charge in [-0.1, -0.05) is 84.0 Å². The quantitative estimate of drug-likeness (QED) is 0.0941. The SMILES string of the molecule is CCC(C)(C)c1ccc(OCC(=O)N2CCC(C(=O)N[C@@H](CCCN=C(N)N)C(=O)NCC(=O)O)(c3ccccc3)CC2)c(C(C)(C)CC)c1. The summed E-state index contributed by atoms with van der Waals surface area (Å²) in [5.41, 5.74) is 12.8. The summed E-state index contributed by atoms with van der Waals surface area (Å²) in [6.45, 7) is 13.3. The number of carboxylic acid groups (broad SMARTS) is 1. The summed E-state index contributed by atoms with van der Waals surface area (Å²) in [5.74, 6) is -1.75. The summed E-state index contributed by atoms with van der Waals surface area (Å²) >= 11 is 0. The Hall–Kier alpha value is -4.61. The summed E-state index contributed by atoms with van der Waals surface area (Å²) in [6, 6.07) is 14.6. The summed E-state index contributed by atoms with van der Waals surface area (Å²) in [4.78, 5) is 57.5. The number of aliphatic imine (C=N–C) groups is 1. The average Bonchev–Trinajstić information content (AvgIpc) is 3.10. The monoisotopic (exact) mass is 692 g/mol. The van der Waals surface area contributed by atoms with Gasteiger partial charge >= 0.3 is 5.97 Å². The van der Waals surface area contributed by atoms with Crippen LogP contribution in [0.15, 0.2) is 53.5 Å². The first kappa shape index (κ1) is 39.8. The largest absolute Gasteiger partial charge is 0.483 e. The average molecular weight is 693 g/mol. The van der Waals surface area contributed by atoms with Crippen LogP contribution in [0.1, 0.15) is 96.8 Å². The molecule has 3 amide bonds. The highest BCUT2D eigenvalue weighted by atomic mass is 16.5. The summed E-state index contributed by atoms with van der Waals surface area (Å²) in [6.07, 6.45) is 3.10. The normalized spacial score (nSPS) is 15.0. The van der Waals surface area contributed by atoms with Crippen LogP contribution in [-0.4, -0.2) is 78.5 Å². The number of piperidine rings is 1. The van der Waals surface area contributed by atoms with Crippen LogP contribution in [0.2, 0.25) is 0 Å². The molecule has 2 aromatic rings. The summed E-state index contributed by atoms with van der Waals surface area (Å²) in [5, 5.41) is 14.3. The van der Waals surface area contributed by atoms with Gasteiger partial charge in [-0.2, -0.15) is 0 Å². The minimum Gasteiger partial charge on any atom is -0.483 e. The third-order valence-corrected chi connectivity index (χ3v) is 10.3. The lowest BCUT2D eigenvalue weighted by Gasteiger charge is -2.41. The molecule has 1 atom stereocenters. The van der Waals surface area contributed by atoms with Gasteiger partial charge in [0.25, 0.3) is 5.91 Å². The molecule has 0 aliphatic carbocycles. The van der Waals surface area contributed by atoms with E-state index in [2.05, 4.69) is 69.3 Å². The minimum atomic E-state index is -1.20. The molecular weight excluding hydrogens is 636 g/mol. The lowest BCUT2D eigenvalue weighted by molar-refractivity contribution is -0.140. The van der Waals surface area contributed by atoms with Gasteiger partial charge in [-0.05, 0) is 66.5 Å². The standard InChI is InChI=1S/C38H56N6O6/c1-7-36(3,4)27-16-17-30(28(23-27)37(5,6)8-2)50-25-31(45)44-21-18-38(19-22-44,26-13-10-9-11-14-26)34(49)43-29(15-12-20-41-35(39)40)33(48)42-24-32(46)47/h9-11,13-14,16-17,23,29H,7-8,12,15,18-22,24-25H2,1-6H3,(H,42,48)(H,43,49)(H,46,47)(H4,39,40,41)/t29-/m0/s1. The van der Waals surface area contributed by atoms with Gasteiger partial charge in [0.15, 0.2) is 12.6 Å². The molecule has 0 unspecified atom stereocenters. The van der Waals surface area contributed by atoms with E-state index in [-0.39, 0.29) is 48.2 Å². The Bertz CT molecular complexity index is 1510. The number of carbonyl (C=O) groups is 4. The number of nitrogens with zero attached hydrogens (tertiary/aromatic N) is 2. The Balaban J connectivity index is 1.78. The molecule has 2 aromatic carbocycles. The van der Waals surface area contributed by atoms with E-state index in [1.165, 1.54) is 5.56 Å². The fraction of sp³-hybridized carbons (Fsp3) is 0.553. The number of likely N-dealkylation sites (tertiary alicyclic amines) is 1. The molecule has 0 radical (unpaired) electrons. The fourth-order valence-corrected chi connectivity index (χ4v) is 6.13. The van der Waals surface area contributed by atoms with Crippen molar-refractivity contribution in [2.75, 3.05) is 32.8 Å². The Morgan fingerprint density at radius 2 is 1.62 bits per heavy atom. The molecule has 12 heteroatoms. The third-order valence-electron chi connectivity index (χ3n) is 10.3. The molecule has 0 saturated carbocycles. The van der Waals surface area contributed by atoms with Crippen molar-refractivity contribution in [3.8, 4) is 5.75 Å². The summed E-state index contributed by atoms with van der Waals surface area (Å²) in [7, 11) is 0. The van der Waals surface area contributed by atoms with Crippen molar-refractivity contribution in [3.05, 3.63) is 65.2 Å². The maximum Gasteiger partial charge on any atom is 0.322 e. The number of rotatable bonds is 17. The van der Waals surface area contributed by atoms with E-state index in [1.807, 2.05) is 36.4 Å². The highest BCUT2D eigenvalue weighted by Crippen LogP contribution is 2.39. The second-order valence-corrected chi connectivity index (χ2v) is 14.4. The van der Waals surface area contributed by atoms with Crippen LogP contribution in [0, 0.1) is 0 Å². The van der Waals surface area contributed by atoms with E-state index in [0.717, 1.165) is 24.0 Å². The Kier molecular flexibility index (Phi) is 13.8. The zero-order valence-electron chi connectivity index (χ0n) is 30.5.